The highest BCUT2D eigenvalue weighted by molar-refractivity contribution is 7.89. The van der Waals surface area contributed by atoms with Crippen LogP contribution in [0.4, 0.5) is 5.82 Å². The van der Waals surface area contributed by atoms with Gasteiger partial charge in [-0.2, -0.15) is 0 Å². The van der Waals surface area contributed by atoms with E-state index in [0.29, 0.717) is 17.9 Å². The van der Waals surface area contributed by atoms with Crippen molar-refractivity contribution >= 4 is 21.8 Å². The molecule has 0 saturated heterocycles. The molecule has 3 aromatic rings. The van der Waals surface area contributed by atoms with Gasteiger partial charge in [-0.1, -0.05) is 42.0 Å². The number of benzene rings is 2. The van der Waals surface area contributed by atoms with E-state index in [2.05, 4.69) is 15.0 Å². The molecule has 0 radical (unpaired) electrons. The largest absolute Gasteiger partial charge is 0.494 e. The lowest BCUT2D eigenvalue weighted by Gasteiger charge is -2.18. The Hall–Kier alpha value is -3.43. The fourth-order valence-electron chi connectivity index (χ4n) is 3.29. The third-order valence-corrected chi connectivity index (χ3v) is 6.55. The Bertz CT molecular complexity index is 1170. The maximum atomic E-state index is 13.0. The van der Waals surface area contributed by atoms with E-state index in [1.165, 1.54) is 12.1 Å². The first-order valence-corrected chi connectivity index (χ1v) is 12.5. The minimum atomic E-state index is -3.97. The second-order valence-electron chi connectivity index (χ2n) is 7.85. The number of hydrogen-bond acceptors (Lipinski definition) is 6. The molecule has 34 heavy (non-hydrogen) atoms. The third-order valence-electron chi connectivity index (χ3n) is 5.08. The summed E-state index contributed by atoms with van der Waals surface area (Å²) in [6, 6.07) is 18.1. The number of rotatable bonds is 13. The Morgan fingerprint density at radius 2 is 1.85 bits per heavy atom. The van der Waals surface area contributed by atoms with Crippen molar-refractivity contribution in [2.45, 2.75) is 37.1 Å². The zero-order chi connectivity index (χ0) is 24.4. The van der Waals surface area contributed by atoms with Crippen LogP contribution in [0.5, 0.6) is 5.75 Å². The van der Waals surface area contributed by atoms with Crippen LogP contribution in [0.1, 0.15) is 36.4 Å². The number of sulfonamides is 1. The molecule has 9 heteroatoms. The number of pyridine rings is 1. The van der Waals surface area contributed by atoms with Crippen molar-refractivity contribution in [3.05, 3.63) is 84.1 Å². The molecule has 1 unspecified atom stereocenters. The lowest BCUT2D eigenvalue weighted by atomic mass is 10.0. The molecule has 0 aliphatic carbocycles. The average Bonchev–Trinajstić information content (AvgIpc) is 2.82. The zero-order valence-corrected chi connectivity index (χ0v) is 19.8. The second kappa shape index (κ2) is 12.2. The standard InChI is InChI=1S/C25H29N3O5S/c1-19-10-12-20(13-11-19)23(18-25(29)30)28-34(31,32)22-8-6-7-21(17-22)33-16-5-4-15-27-24-9-2-3-14-26-24/h2-3,6-14,17,23,28H,4-5,15-16,18H2,1H3,(H,26,27)(H,29,30). The van der Waals surface area contributed by atoms with Gasteiger partial charge in [0, 0.05) is 18.8 Å². The number of anilines is 1. The van der Waals surface area contributed by atoms with Crippen molar-refractivity contribution in [3.8, 4) is 5.75 Å². The van der Waals surface area contributed by atoms with Gasteiger partial charge in [-0.25, -0.2) is 18.1 Å². The van der Waals surface area contributed by atoms with E-state index < -0.39 is 22.0 Å². The van der Waals surface area contributed by atoms with E-state index in [-0.39, 0.29) is 11.3 Å². The summed E-state index contributed by atoms with van der Waals surface area (Å²) in [5.74, 6) is 0.161. The molecule has 0 amide bonds. The highest BCUT2D eigenvalue weighted by atomic mass is 32.2. The first kappa shape index (κ1) is 25.2. The maximum Gasteiger partial charge on any atom is 0.305 e. The Morgan fingerprint density at radius 1 is 1.06 bits per heavy atom. The number of aliphatic carboxylic acids is 1. The third kappa shape index (κ3) is 7.86. The van der Waals surface area contributed by atoms with Crippen LogP contribution in [0.3, 0.4) is 0 Å². The van der Waals surface area contributed by atoms with Crippen LogP contribution in [0.15, 0.2) is 77.8 Å². The summed E-state index contributed by atoms with van der Waals surface area (Å²) < 4.78 is 34.2. The van der Waals surface area contributed by atoms with Crippen LogP contribution in [0, 0.1) is 6.92 Å². The van der Waals surface area contributed by atoms with Crippen LogP contribution in [-0.2, 0) is 14.8 Å². The molecule has 2 aromatic carbocycles. The minimum Gasteiger partial charge on any atom is -0.494 e. The van der Waals surface area contributed by atoms with Gasteiger partial charge in [-0.15, -0.1) is 0 Å². The van der Waals surface area contributed by atoms with Crippen LogP contribution in [0.25, 0.3) is 0 Å². The Morgan fingerprint density at radius 3 is 2.56 bits per heavy atom. The SMILES string of the molecule is Cc1ccc(C(CC(=O)O)NS(=O)(=O)c2cccc(OCCCCNc3ccccn3)c2)cc1. The van der Waals surface area contributed by atoms with Crippen molar-refractivity contribution in [3.63, 3.8) is 0 Å². The number of carboxylic acid groups (broad SMARTS) is 1. The number of carboxylic acids is 1. The average molecular weight is 484 g/mol. The van der Waals surface area contributed by atoms with Gasteiger partial charge < -0.3 is 15.2 Å². The number of hydrogen-bond donors (Lipinski definition) is 3. The van der Waals surface area contributed by atoms with Gasteiger partial charge in [-0.3, -0.25) is 4.79 Å². The van der Waals surface area contributed by atoms with E-state index in [0.717, 1.165) is 30.8 Å². The second-order valence-corrected chi connectivity index (χ2v) is 9.57. The molecular weight excluding hydrogens is 454 g/mol. The molecule has 0 bridgehead atoms. The number of unbranched alkanes of at least 4 members (excludes halogenated alkanes) is 1. The Labute approximate surface area is 200 Å². The van der Waals surface area contributed by atoms with Crippen molar-refractivity contribution in [1.82, 2.24) is 9.71 Å². The summed E-state index contributed by atoms with van der Waals surface area (Å²) in [6.07, 6.45) is 3.00. The van der Waals surface area contributed by atoms with Crippen molar-refractivity contribution in [2.24, 2.45) is 0 Å². The number of nitrogens with zero attached hydrogens (tertiary/aromatic N) is 1. The van der Waals surface area contributed by atoms with Gasteiger partial charge in [0.2, 0.25) is 10.0 Å². The summed E-state index contributed by atoms with van der Waals surface area (Å²) in [5.41, 5.74) is 1.58. The van der Waals surface area contributed by atoms with Crippen LogP contribution in [0.2, 0.25) is 0 Å². The molecule has 3 N–H and O–H groups in total. The highest BCUT2D eigenvalue weighted by Crippen LogP contribution is 2.23. The van der Waals surface area contributed by atoms with E-state index in [1.807, 2.05) is 37.3 Å². The predicted molar refractivity (Wildman–Crippen MR) is 130 cm³/mol. The first-order valence-electron chi connectivity index (χ1n) is 11.0. The fourth-order valence-corrected chi connectivity index (χ4v) is 4.55. The number of ether oxygens (including phenoxy) is 1. The first-order chi connectivity index (χ1) is 16.3. The lowest BCUT2D eigenvalue weighted by molar-refractivity contribution is -0.137. The van der Waals surface area contributed by atoms with Gasteiger partial charge >= 0.3 is 5.97 Å². The van der Waals surface area contributed by atoms with Crippen molar-refractivity contribution in [1.29, 1.82) is 0 Å². The molecule has 8 nitrogen and oxygen atoms in total. The Balaban J connectivity index is 1.56. The summed E-state index contributed by atoms with van der Waals surface area (Å²) in [6.45, 7) is 3.09. The highest BCUT2D eigenvalue weighted by Gasteiger charge is 2.24. The van der Waals surface area contributed by atoms with E-state index in [4.69, 9.17) is 4.74 Å². The number of nitrogens with one attached hydrogen (secondary N) is 2. The number of carbonyl (C=O) groups is 1. The van der Waals surface area contributed by atoms with Crippen molar-refractivity contribution in [2.75, 3.05) is 18.5 Å². The molecule has 1 aromatic heterocycles. The van der Waals surface area contributed by atoms with Gasteiger partial charge in [0.1, 0.15) is 11.6 Å². The van der Waals surface area contributed by atoms with Gasteiger partial charge in [0.15, 0.2) is 0 Å². The lowest BCUT2D eigenvalue weighted by Crippen LogP contribution is -2.30. The molecular formula is C25H29N3O5S. The van der Waals surface area contributed by atoms with Gasteiger partial charge in [0.25, 0.3) is 0 Å². The Kier molecular flexibility index (Phi) is 9.00. The summed E-state index contributed by atoms with van der Waals surface area (Å²) in [5, 5.41) is 12.5. The normalized spacial score (nSPS) is 12.1. The molecule has 1 heterocycles. The summed E-state index contributed by atoms with van der Waals surface area (Å²) in [7, 11) is -3.97. The molecule has 0 spiro atoms. The van der Waals surface area contributed by atoms with Crippen LogP contribution < -0.4 is 14.8 Å². The summed E-state index contributed by atoms with van der Waals surface area (Å²) in [4.78, 5) is 15.6. The van der Waals surface area contributed by atoms with E-state index >= 15 is 0 Å². The molecule has 0 aliphatic heterocycles. The van der Waals surface area contributed by atoms with E-state index in [9.17, 15) is 18.3 Å². The molecule has 0 saturated carbocycles. The molecule has 180 valence electrons. The molecule has 3 rings (SSSR count). The quantitative estimate of drug-likeness (QED) is 0.313. The van der Waals surface area contributed by atoms with Crippen molar-refractivity contribution < 1.29 is 23.1 Å². The zero-order valence-electron chi connectivity index (χ0n) is 19.0. The summed E-state index contributed by atoms with van der Waals surface area (Å²) >= 11 is 0. The monoisotopic (exact) mass is 483 g/mol. The van der Waals surface area contributed by atoms with E-state index in [1.54, 1.807) is 30.5 Å². The van der Waals surface area contributed by atoms with Crippen LogP contribution in [-0.4, -0.2) is 37.6 Å². The predicted octanol–water partition coefficient (Wildman–Crippen LogP) is 4.16. The fraction of sp³-hybridized carbons (Fsp3) is 0.280. The smallest absolute Gasteiger partial charge is 0.305 e. The molecule has 0 aliphatic rings. The van der Waals surface area contributed by atoms with Gasteiger partial charge in [0.05, 0.1) is 24.0 Å². The maximum absolute atomic E-state index is 13.0. The molecule has 1 atom stereocenters. The number of aryl methyl sites for hydroxylation is 1. The van der Waals surface area contributed by atoms with Crippen LogP contribution >= 0.6 is 0 Å². The minimum absolute atomic E-state index is 0.0179. The molecule has 0 fully saturated rings. The van der Waals surface area contributed by atoms with Gasteiger partial charge in [-0.05, 0) is 49.6 Å². The topological polar surface area (TPSA) is 118 Å². The number of aromatic nitrogens is 1.